The van der Waals surface area contributed by atoms with Crippen LogP contribution >= 0.6 is 0 Å². The summed E-state index contributed by atoms with van der Waals surface area (Å²) in [6.45, 7) is 2.55. The Balaban J connectivity index is 2.44. The Morgan fingerprint density at radius 1 is 1.50 bits per heavy atom. The number of methoxy groups -OCH3 is 1. The molecule has 1 aliphatic rings. The van der Waals surface area contributed by atoms with Crippen LogP contribution in [0.3, 0.4) is 0 Å². The number of nitrogens with two attached hydrogens (primary N) is 1. The van der Waals surface area contributed by atoms with Crippen molar-refractivity contribution < 1.29 is 9.53 Å². The summed E-state index contributed by atoms with van der Waals surface area (Å²) < 4.78 is 5.04. The molecule has 1 atom stereocenters. The third-order valence-electron chi connectivity index (χ3n) is 3.57. The van der Waals surface area contributed by atoms with Crippen LogP contribution in [0.15, 0.2) is 0 Å². The molecule has 16 heavy (non-hydrogen) atoms. The van der Waals surface area contributed by atoms with Crippen LogP contribution in [0.4, 0.5) is 0 Å². The second kappa shape index (κ2) is 5.64. The second-order valence-corrected chi connectivity index (χ2v) is 5.06. The van der Waals surface area contributed by atoms with Crippen LogP contribution in [-0.2, 0) is 9.53 Å². The summed E-state index contributed by atoms with van der Waals surface area (Å²) in [7, 11) is 3.47. The van der Waals surface area contributed by atoms with Crippen molar-refractivity contribution in [2.45, 2.75) is 50.6 Å². The first-order chi connectivity index (χ1) is 7.48. The van der Waals surface area contributed by atoms with Crippen LogP contribution in [0, 0.1) is 0 Å². The molecule has 1 aliphatic carbocycles. The molecule has 4 heteroatoms. The van der Waals surface area contributed by atoms with Crippen molar-refractivity contribution in [2.24, 2.45) is 5.73 Å². The molecule has 0 aromatic rings. The molecule has 0 spiro atoms. The van der Waals surface area contributed by atoms with Crippen molar-refractivity contribution in [1.82, 2.24) is 4.90 Å². The molecule has 0 heterocycles. The molecular weight excluding hydrogens is 204 g/mol. The third-order valence-corrected chi connectivity index (χ3v) is 3.57. The first-order valence-electron chi connectivity index (χ1n) is 6.02. The van der Waals surface area contributed by atoms with E-state index >= 15 is 0 Å². The molecule has 1 saturated carbocycles. The number of amides is 1. The highest BCUT2D eigenvalue weighted by molar-refractivity contribution is 5.77. The number of rotatable bonds is 5. The average Bonchev–Trinajstić information content (AvgIpc) is 2.64. The van der Waals surface area contributed by atoms with Gasteiger partial charge < -0.3 is 15.4 Å². The van der Waals surface area contributed by atoms with E-state index in [1.165, 1.54) is 0 Å². The minimum Gasteiger partial charge on any atom is -0.383 e. The van der Waals surface area contributed by atoms with Crippen molar-refractivity contribution in [3.63, 3.8) is 0 Å². The summed E-state index contributed by atoms with van der Waals surface area (Å²) in [4.78, 5) is 13.8. The van der Waals surface area contributed by atoms with E-state index in [4.69, 9.17) is 10.5 Å². The second-order valence-electron chi connectivity index (χ2n) is 5.06. The molecule has 0 radical (unpaired) electrons. The lowest BCUT2D eigenvalue weighted by Crippen LogP contribution is -2.45. The Labute approximate surface area is 98.1 Å². The van der Waals surface area contributed by atoms with Gasteiger partial charge in [0.15, 0.2) is 0 Å². The summed E-state index contributed by atoms with van der Waals surface area (Å²) in [5.74, 6) is 0.133. The van der Waals surface area contributed by atoms with Gasteiger partial charge >= 0.3 is 0 Å². The first-order valence-corrected chi connectivity index (χ1v) is 6.02. The largest absolute Gasteiger partial charge is 0.383 e. The van der Waals surface area contributed by atoms with E-state index in [0.717, 1.165) is 25.7 Å². The number of carbonyl (C=O) groups excluding carboxylic acids is 1. The number of likely N-dealkylation sites (N-methyl/N-ethyl adjacent to an activating group) is 1. The monoisotopic (exact) mass is 228 g/mol. The Morgan fingerprint density at radius 3 is 2.56 bits per heavy atom. The van der Waals surface area contributed by atoms with E-state index < -0.39 is 0 Å². The van der Waals surface area contributed by atoms with Crippen molar-refractivity contribution in [3.05, 3.63) is 0 Å². The first kappa shape index (κ1) is 13.5. The van der Waals surface area contributed by atoms with Crippen LogP contribution in [-0.4, -0.2) is 43.2 Å². The van der Waals surface area contributed by atoms with Crippen LogP contribution in [0.25, 0.3) is 0 Å². The number of nitrogens with zero attached hydrogens (tertiary/aromatic N) is 1. The Hall–Kier alpha value is -0.610. The van der Waals surface area contributed by atoms with Gasteiger partial charge in [0.05, 0.1) is 12.6 Å². The van der Waals surface area contributed by atoms with Gasteiger partial charge in [0.1, 0.15) is 0 Å². The van der Waals surface area contributed by atoms with Crippen molar-refractivity contribution in [3.8, 4) is 0 Å². The maximum Gasteiger partial charge on any atom is 0.224 e. The van der Waals surface area contributed by atoms with Gasteiger partial charge in [0.25, 0.3) is 0 Å². The Morgan fingerprint density at radius 2 is 2.06 bits per heavy atom. The van der Waals surface area contributed by atoms with Crippen LogP contribution in [0.5, 0.6) is 0 Å². The van der Waals surface area contributed by atoms with Gasteiger partial charge in [-0.05, 0) is 19.8 Å². The summed E-state index contributed by atoms with van der Waals surface area (Å²) in [6, 6.07) is 0.113. The standard InChI is InChI=1S/C12H24N2O2/c1-10(9-16-3)14(2)11(15)8-12(13)6-4-5-7-12/h10H,4-9,13H2,1-3H3. The van der Waals surface area contributed by atoms with Gasteiger partial charge in [-0.1, -0.05) is 12.8 Å². The molecule has 1 amide bonds. The maximum atomic E-state index is 12.0. The Bertz CT molecular complexity index is 237. The van der Waals surface area contributed by atoms with E-state index in [1.807, 2.05) is 14.0 Å². The van der Waals surface area contributed by atoms with Crippen LogP contribution in [0.1, 0.15) is 39.0 Å². The van der Waals surface area contributed by atoms with Crippen molar-refractivity contribution >= 4 is 5.91 Å². The predicted octanol–water partition coefficient (Wildman–Crippen LogP) is 1.14. The number of hydrogen-bond donors (Lipinski definition) is 1. The zero-order chi connectivity index (χ0) is 12.2. The van der Waals surface area contributed by atoms with Gasteiger partial charge in [-0.15, -0.1) is 0 Å². The molecule has 0 saturated heterocycles. The minimum atomic E-state index is -0.252. The summed E-state index contributed by atoms with van der Waals surface area (Å²) in [5.41, 5.74) is 5.94. The van der Waals surface area contributed by atoms with Gasteiger partial charge in [-0.3, -0.25) is 4.79 Å². The van der Waals surface area contributed by atoms with Crippen LogP contribution in [0.2, 0.25) is 0 Å². The molecule has 1 rings (SSSR count). The maximum absolute atomic E-state index is 12.0. The van der Waals surface area contributed by atoms with Gasteiger partial charge in [-0.2, -0.15) is 0 Å². The van der Waals surface area contributed by atoms with E-state index in [1.54, 1.807) is 12.0 Å². The topological polar surface area (TPSA) is 55.6 Å². The van der Waals surface area contributed by atoms with Crippen LogP contribution < -0.4 is 5.73 Å². The number of ether oxygens (including phenoxy) is 1. The number of carbonyl (C=O) groups is 1. The summed E-state index contributed by atoms with van der Waals surface area (Å²) in [6.07, 6.45) is 4.73. The zero-order valence-corrected chi connectivity index (χ0v) is 10.7. The molecule has 0 aliphatic heterocycles. The molecule has 2 N–H and O–H groups in total. The highest BCUT2D eigenvalue weighted by Gasteiger charge is 2.33. The zero-order valence-electron chi connectivity index (χ0n) is 10.7. The van der Waals surface area contributed by atoms with Crippen molar-refractivity contribution in [2.75, 3.05) is 20.8 Å². The average molecular weight is 228 g/mol. The molecule has 4 nitrogen and oxygen atoms in total. The smallest absolute Gasteiger partial charge is 0.224 e. The lowest BCUT2D eigenvalue weighted by atomic mass is 9.94. The van der Waals surface area contributed by atoms with E-state index in [0.29, 0.717) is 13.0 Å². The third kappa shape index (κ3) is 3.46. The molecule has 1 unspecified atom stereocenters. The number of hydrogen-bond acceptors (Lipinski definition) is 3. The fourth-order valence-corrected chi connectivity index (χ4v) is 2.28. The van der Waals surface area contributed by atoms with E-state index in [-0.39, 0.29) is 17.5 Å². The fourth-order valence-electron chi connectivity index (χ4n) is 2.28. The molecular formula is C12H24N2O2. The molecule has 94 valence electrons. The SMILES string of the molecule is COCC(C)N(C)C(=O)CC1(N)CCCC1. The molecule has 0 aromatic heterocycles. The highest BCUT2D eigenvalue weighted by atomic mass is 16.5. The predicted molar refractivity (Wildman–Crippen MR) is 64.1 cm³/mol. The van der Waals surface area contributed by atoms with Gasteiger partial charge in [0, 0.05) is 26.1 Å². The summed E-state index contributed by atoms with van der Waals surface area (Å²) >= 11 is 0. The molecule has 0 bridgehead atoms. The van der Waals surface area contributed by atoms with Gasteiger partial charge in [-0.25, -0.2) is 0 Å². The lowest BCUT2D eigenvalue weighted by Gasteiger charge is -2.29. The summed E-state index contributed by atoms with van der Waals surface area (Å²) in [5, 5.41) is 0. The fraction of sp³-hybridized carbons (Fsp3) is 0.917. The molecule has 1 fully saturated rings. The normalized spacial score (nSPS) is 20.8. The lowest BCUT2D eigenvalue weighted by molar-refractivity contribution is -0.133. The van der Waals surface area contributed by atoms with Crippen molar-refractivity contribution in [1.29, 1.82) is 0 Å². The quantitative estimate of drug-likeness (QED) is 0.767. The van der Waals surface area contributed by atoms with E-state index in [9.17, 15) is 4.79 Å². The molecule has 0 aromatic carbocycles. The highest BCUT2D eigenvalue weighted by Crippen LogP contribution is 2.30. The van der Waals surface area contributed by atoms with Gasteiger partial charge in [0.2, 0.25) is 5.91 Å². The Kier molecular flexibility index (Phi) is 4.74. The minimum absolute atomic E-state index is 0.113. The van der Waals surface area contributed by atoms with E-state index in [2.05, 4.69) is 0 Å².